The summed E-state index contributed by atoms with van der Waals surface area (Å²) < 4.78 is 18.7. The molecule has 0 radical (unpaired) electrons. The monoisotopic (exact) mass is 269 g/mol. The molecule has 0 aromatic heterocycles. The highest BCUT2D eigenvalue weighted by molar-refractivity contribution is 5.72. The summed E-state index contributed by atoms with van der Waals surface area (Å²) in [7, 11) is 0. The van der Waals surface area contributed by atoms with Gasteiger partial charge in [0.05, 0.1) is 0 Å². The number of aliphatic carboxylic acids is 1. The van der Waals surface area contributed by atoms with Crippen molar-refractivity contribution in [3.63, 3.8) is 0 Å². The summed E-state index contributed by atoms with van der Waals surface area (Å²) in [5.74, 6) is -1.02. The Morgan fingerprint density at radius 2 is 2.11 bits per heavy atom. The van der Waals surface area contributed by atoms with Gasteiger partial charge in [-0.1, -0.05) is 13.8 Å². The lowest BCUT2D eigenvalue weighted by molar-refractivity contribution is -0.145. The summed E-state index contributed by atoms with van der Waals surface area (Å²) in [6.07, 6.45) is 0.625. The van der Waals surface area contributed by atoms with E-state index in [9.17, 15) is 9.18 Å². The minimum atomic E-state index is -1.03. The van der Waals surface area contributed by atoms with Crippen LogP contribution in [0.5, 0.6) is 5.75 Å². The third-order valence-electron chi connectivity index (χ3n) is 2.94. The highest BCUT2D eigenvalue weighted by Gasteiger charge is 2.19. The topological polar surface area (TPSA) is 72.5 Å². The molecular formula is C14H20FNO3. The first kappa shape index (κ1) is 15.4. The first-order chi connectivity index (χ1) is 8.97. The van der Waals surface area contributed by atoms with E-state index in [1.54, 1.807) is 6.92 Å². The molecule has 1 aromatic rings. The number of carboxylic acid groups (broad SMARTS) is 1. The van der Waals surface area contributed by atoms with Crippen LogP contribution in [0.4, 0.5) is 4.39 Å². The summed E-state index contributed by atoms with van der Waals surface area (Å²) in [5.41, 5.74) is 6.46. The van der Waals surface area contributed by atoms with Gasteiger partial charge in [-0.05, 0) is 43.0 Å². The zero-order valence-electron chi connectivity index (χ0n) is 11.2. The van der Waals surface area contributed by atoms with Crippen molar-refractivity contribution in [2.24, 2.45) is 5.73 Å². The largest absolute Gasteiger partial charge is 0.479 e. The lowest BCUT2D eigenvalue weighted by atomic mass is 10.0. The van der Waals surface area contributed by atoms with E-state index in [2.05, 4.69) is 0 Å². The molecule has 3 N–H and O–H groups in total. The van der Waals surface area contributed by atoms with E-state index in [-0.39, 0.29) is 11.9 Å². The Balaban J connectivity index is 2.95. The van der Waals surface area contributed by atoms with Crippen molar-refractivity contribution in [1.82, 2.24) is 0 Å². The number of carboxylic acids is 1. The SMILES string of the molecule is CCC(N)Cc1cc(F)ccc1OC(CC)C(=O)O. The maximum atomic E-state index is 13.3. The predicted octanol–water partition coefficient (Wildman–Crippen LogP) is 2.35. The summed E-state index contributed by atoms with van der Waals surface area (Å²) in [5, 5.41) is 8.98. The second-order valence-electron chi connectivity index (χ2n) is 4.48. The van der Waals surface area contributed by atoms with Gasteiger partial charge in [0.25, 0.3) is 0 Å². The quantitative estimate of drug-likeness (QED) is 0.797. The molecule has 19 heavy (non-hydrogen) atoms. The van der Waals surface area contributed by atoms with Crippen LogP contribution in [0.25, 0.3) is 0 Å². The van der Waals surface area contributed by atoms with Crippen LogP contribution in [-0.2, 0) is 11.2 Å². The minimum Gasteiger partial charge on any atom is -0.479 e. The highest BCUT2D eigenvalue weighted by atomic mass is 19.1. The second kappa shape index (κ2) is 7.09. The minimum absolute atomic E-state index is 0.103. The molecule has 0 amide bonds. The first-order valence-corrected chi connectivity index (χ1v) is 6.41. The zero-order chi connectivity index (χ0) is 14.4. The van der Waals surface area contributed by atoms with E-state index >= 15 is 0 Å². The molecule has 1 aromatic carbocycles. The molecule has 106 valence electrons. The molecule has 5 heteroatoms. The molecule has 0 heterocycles. The number of carbonyl (C=O) groups is 1. The Bertz CT molecular complexity index is 437. The number of halogens is 1. The fourth-order valence-electron chi connectivity index (χ4n) is 1.71. The van der Waals surface area contributed by atoms with Crippen molar-refractivity contribution in [2.75, 3.05) is 0 Å². The summed E-state index contributed by atoms with van der Waals surface area (Å²) >= 11 is 0. The van der Waals surface area contributed by atoms with Gasteiger partial charge in [-0.15, -0.1) is 0 Å². The Labute approximate surface area is 112 Å². The van der Waals surface area contributed by atoms with E-state index in [1.807, 2.05) is 6.92 Å². The molecule has 1 rings (SSSR count). The molecule has 2 unspecified atom stereocenters. The Kier molecular flexibility index (Phi) is 5.76. The molecule has 0 aliphatic carbocycles. The smallest absolute Gasteiger partial charge is 0.344 e. The zero-order valence-corrected chi connectivity index (χ0v) is 11.2. The Morgan fingerprint density at radius 3 is 2.63 bits per heavy atom. The highest BCUT2D eigenvalue weighted by Crippen LogP contribution is 2.23. The fraction of sp³-hybridized carbons (Fsp3) is 0.500. The average Bonchev–Trinajstić information content (AvgIpc) is 2.37. The first-order valence-electron chi connectivity index (χ1n) is 6.41. The van der Waals surface area contributed by atoms with Crippen molar-refractivity contribution < 1.29 is 19.0 Å². The van der Waals surface area contributed by atoms with Crippen molar-refractivity contribution in [3.8, 4) is 5.75 Å². The standard InChI is InChI=1S/C14H20FNO3/c1-3-11(16)8-9-7-10(15)5-6-13(9)19-12(4-2)14(17)18/h5-7,11-12H,3-4,8,16H2,1-2H3,(H,17,18). The lowest BCUT2D eigenvalue weighted by Crippen LogP contribution is -2.27. The van der Waals surface area contributed by atoms with Crippen LogP contribution < -0.4 is 10.5 Å². The Morgan fingerprint density at radius 1 is 1.42 bits per heavy atom. The van der Waals surface area contributed by atoms with Crippen LogP contribution in [-0.4, -0.2) is 23.2 Å². The van der Waals surface area contributed by atoms with Crippen molar-refractivity contribution >= 4 is 5.97 Å². The lowest BCUT2D eigenvalue weighted by Gasteiger charge is -2.18. The third-order valence-corrected chi connectivity index (χ3v) is 2.94. The van der Waals surface area contributed by atoms with Crippen molar-refractivity contribution in [1.29, 1.82) is 0 Å². The van der Waals surface area contributed by atoms with Gasteiger partial charge in [0.15, 0.2) is 6.10 Å². The van der Waals surface area contributed by atoms with Crippen LogP contribution in [0.1, 0.15) is 32.3 Å². The van der Waals surface area contributed by atoms with Crippen molar-refractivity contribution in [2.45, 2.75) is 45.3 Å². The maximum Gasteiger partial charge on any atom is 0.344 e. The molecule has 0 saturated heterocycles. The second-order valence-corrected chi connectivity index (χ2v) is 4.48. The van der Waals surface area contributed by atoms with E-state index in [1.165, 1.54) is 18.2 Å². The third kappa shape index (κ3) is 4.52. The molecule has 0 bridgehead atoms. The number of hydrogen-bond donors (Lipinski definition) is 2. The molecule has 0 saturated carbocycles. The molecule has 0 spiro atoms. The van der Waals surface area contributed by atoms with E-state index < -0.39 is 12.1 Å². The number of ether oxygens (including phenoxy) is 1. The van der Waals surface area contributed by atoms with Crippen LogP contribution in [0, 0.1) is 5.82 Å². The molecule has 4 nitrogen and oxygen atoms in total. The molecule has 0 aliphatic heterocycles. The van der Waals surface area contributed by atoms with Crippen LogP contribution in [0.2, 0.25) is 0 Å². The van der Waals surface area contributed by atoms with Gasteiger partial charge in [0.2, 0.25) is 0 Å². The number of rotatable bonds is 7. The summed E-state index contributed by atoms with van der Waals surface area (Å²) in [6.45, 7) is 3.66. The molecule has 0 aliphatic rings. The van der Waals surface area contributed by atoms with E-state index in [0.29, 0.717) is 24.2 Å². The average molecular weight is 269 g/mol. The number of nitrogens with two attached hydrogens (primary N) is 1. The molecular weight excluding hydrogens is 249 g/mol. The van der Waals surface area contributed by atoms with Gasteiger partial charge in [0.1, 0.15) is 11.6 Å². The summed E-state index contributed by atoms with van der Waals surface area (Å²) in [4.78, 5) is 11.0. The van der Waals surface area contributed by atoms with E-state index in [0.717, 1.165) is 6.42 Å². The van der Waals surface area contributed by atoms with Gasteiger partial charge in [-0.25, -0.2) is 9.18 Å². The summed E-state index contributed by atoms with van der Waals surface area (Å²) in [6, 6.07) is 3.96. The van der Waals surface area contributed by atoms with Gasteiger partial charge >= 0.3 is 5.97 Å². The van der Waals surface area contributed by atoms with Crippen LogP contribution in [0.15, 0.2) is 18.2 Å². The van der Waals surface area contributed by atoms with Gasteiger partial charge in [-0.2, -0.15) is 0 Å². The van der Waals surface area contributed by atoms with Gasteiger partial charge in [-0.3, -0.25) is 0 Å². The Hall–Kier alpha value is -1.62. The number of benzene rings is 1. The van der Waals surface area contributed by atoms with E-state index in [4.69, 9.17) is 15.6 Å². The van der Waals surface area contributed by atoms with Crippen LogP contribution >= 0.6 is 0 Å². The van der Waals surface area contributed by atoms with Crippen LogP contribution in [0.3, 0.4) is 0 Å². The fourth-order valence-corrected chi connectivity index (χ4v) is 1.71. The maximum absolute atomic E-state index is 13.3. The number of hydrogen-bond acceptors (Lipinski definition) is 3. The normalized spacial score (nSPS) is 13.9. The predicted molar refractivity (Wildman–Crippen MR) is 70.7 cm³/mol. The van der Waals surface area contributed by atoms with Gasteiger partial charge in [0, 0.05) is 6.04 Å². The molecule has 2 atom stereocenters. The molecule has 0 fully saturated rings. The van der Waals surface area contributed by atoms with Gasteiger partial charge < -0.3 is 15.6 Å². The van der Waals surface area contributed by atoms with Crippen molar-refractivity contribution in [3.05, 3.63) is 29.6 Å².